The molecule has 2 heterocycles. The van der Waals surface area contributed by atoms with Gasteiger partial charge < -0.3 is 24.2 Å². The van der Waals surface area contributed by atoms with Gasteiger partial charge in [0.05, 0.1) is 12.0 Å². The van der Waals surface area contributed by atoms with E-state index in [-0.39, 0.29) is 0 Å². The number of para-hydroxylation sites is 1. The van der Waals surface area contributed by atoms with E-state index in [2.05, 4.69) is 119 Å². The summed E-state index contributed by atoms with van der Waals surface area (Å²) in [6, 6.07) is 23.7. The molecule has 4 aromatic rings. The lowest BCUT2D eigenvalue weighted by Gasteiger charge is -2.44. The maximum Gasteiger partial charge on any atom is 0.407 e. The highest BCUT2D eigenvalue weighted by Crippen LogP contribution is 2.51. The van der Waals surface area contributed by atoms with E-state index in [0.717, 1.165) is 33.3 Å². The molecule has 3 aromatic carbocycles. The van der Waals surface area contributed by atoms with Gasteiger partial charge in [-0.25, -0.2) is 4.79 Å². The van der Waals surface area contributed by atoms with Crippen LogP contribution in [0.25, 0.3) is 22.0 Å². The molecule has 0 fully saturated rings. The maximum absolute atomic E-state index is 12.3. The summed E-state index contributed by atoms with van der Waals surface area (Å²) in [5.41, 5.74) is 7.29. The van der Waals surface area contributed by atoms with E-state index in [1.54, 1.807) is 0 Å². The van der Waals surface area contributed by atoms with Crippen LogP contribution in [0.15, 0.2) is 72.9 Å². The molecule has 7 heteroatoms. The van der Waals surface area contributed by atoms with Crippen molar-refractivity contribution in [2.24, 2.45) is 0 Å². The van der Waals surface area contributed by atoms with Crippen molar-refractivity contribution in [1.82, 2.24) is 10.3 Å². The zero-order valence-corrected chi connectivity index (χ0v) is 30.1. The average molecular weight is 641 g/mol. The molecule has 1 aliphatic rings. The number of hydrogen-bond acceptors (Lipinski definition) is 4. The van der Waals surface area contributed by atoms with Crippen molar-refractivity contribution >= 4 is 25.3 Å². The zero-order chi connectivity index (χ0) is 33.3. The summed E-state index contributed by atoms with van der Waals surface area (Å²) in [7, 11) is -2.14. The number of amides is 1. The summed E-state index contributed by atoms with van der Waals surface area (Å²) >= 11 is 0. The van der Waals surface area contributed by atoms with Gasteiger partial charge >= 0.3 is 6.09 Å². The summed E-state index contributed by atoms with van der Waals surface area (Å²) in [5, 5.41) is 4.05. The summed E-state index contributed by atoms with van der Waals surface area (Å²) in [6.45, 7) is 21.3. The van der Waals surface area contributed by atoms with E-state index >= 15 is 0 Å². The molecular weight excluding hydrogens is 589 g/mol. The van der Waals surface area contributed by atoms with Crippen LogP contribution in [0.2, 0.25) is 16.6 Å². The SMILES string of the molecule is CC(C)[Si](OCC1(c2ccccc2)COc2c(-c3cccc4[nH]cc(CCNC(=O)OC(C)(C)C)c34)cccc21)(C(C)C)C(C)C. The van der Waals surface area contributed by atoms with Gasteiger partial charge in [0.2, 0.25) is 0 Å². The number of rotatable bonds is 11. The Kier molecular flexibility index (Phi) is 9.76. The Bertz CT molecular complexity index is 1630. The topological polar surface area (TPSA) is 72.6 Å². The van der Waals surface area contributed by atoms with E-state index in [9.17, 15) is 4.79 Å². The Balaban J connectivity index is 1.55. The van der Waals surface area contributed by atoms with Crippen molar-refractivity contribution in [3.8, 4) is 16.9 Å². The fourth-order valence-electron chi connectivity index (χ4n) is 7.79. The van der Waals surface area contributed by atoms with E-state index < -0.39 is 25.4 Å². The molecular formula is C39H52N2O4Si. The summed E-state index contributed by atoms with van der Waals surface area (Å²) in [4.78, 5) is 15.8. The van der Waals surface area contributed by atoms with Gasteiger partial charge in [-0.05, 0) is 66.6 Å². The van der Waals surface area contributed by atoms with E-state index in [1.165, 1.54) is 11.1 Å². The average Bonchev–Trinajstić information content (AvgIpc) is 3.59. The molecule has 1 aliphatic heterocycles. The first-order chi connectivity index (χ1) is 21.8. The minimum Gasteiger partial charge on any atom is -0.491 e. The van der Waals surface area contributed by atoms with Gasteiger partial charge in [-0.1, -0.05) is 102 Å². The first-order valence-electron chi connectivity index (χ1n) is 16.8. The molecule has 0 saturated heterocycles. The van der Waals surface area contributed by atoms with Crippen molar-refractivity contribution in [2.75, 3.05) is 19.8 Å². The van der Waals surface area contributed by atoms with Crippen LogP contribution in [0, 0.1) is 0 Å². The molecule has 246 valence electrons. The highest BCUT2D eigenvalue weighted by atomic mass is 28.4. The van der Waals surface area contributed by atoms with Gasteiger partial charge in [0, 0.05) is 34.8 Å². The molecule has 1 atom stereocenters. The zero-order valence-electron chi connectivity index (χ0n) is 29.1. The number of nitrogens with one attached hydrogen (secondary N) is 2. The molecule has 1 aromatic heterocycles. The van der Waals surface area contributed by atoms with Gasteiger partial charge in [-0.3, -0.25) is 0 Å². The Morgan fingerprint density at radius 3 is 2.22 bits per heavy atom. The quantitative estimate of drug-likeness (QED) is 0.160. The molecule has 0 saturated carbocycles. The predicted octanol–water partition coefficient (Wildman–Crippen LogP) is 9.77. The number of hydrogen-bond donors (Lipinski definition) is 2. The van der Waals surface area contributed by atoms with Gasteiger partial charge in [-0.15, -0.1) is 0 Å². The second kappa shape index (κ2) is 13.3. The van der Waals surface area contributed by atoms with Crippen LogP contribution >= 0.6 is 0 Å². The third-order valence-electron chi connectivity index (χ3n) is 9.74. The summed E-state index contributed by atoms with van der Waals surface area (Å²) in [6.07, 6.45) is 2.31. The number of fused-ring (bicyclic) bond motifs is 2. The van der Waals surface area contributed by atoms with Crippen LogP contribution in [0.4, 0.5) is 4.79 Å². The Morgan fingerprint density at radius 2 is 1.57 bits per heavy atom. The van der Waals surface area contributed by atoms with E-state index in [0.29, 0.717) is 42.8 Å². The largest absolute Gasteiger partial charge is 0.491 e. The minimum atomic E-state index is -2.14. The monoisotopic (exact) mass is 640 g/mol. The number of alkyl carbamates (subject to hydrolysis) is 1. The highest BCUT2D eigenvalue weighted by molar-refractivity contribution is 6.77. The lowest BCUT2D eigenvalue weighted by Crippen LogP contribution is -2.51. The molecule has 1 unspecified atom stereocenters. The molecule has 0 aliphatic carbocycles. The summed E-state index contributed by atoms with van der Waals surface area (Å²) in [5.74, 6) is 0.924. The van der Waals surface area contributed by atoms with Crippen molar-refractivity contribution in [3.05, 3.63) is 89.6 Å². The fourth-order valence-corrected chi connectivity index (χ4v) is 13.3. The first-order valence-corrected chi connectivity index (χ1v) is 19.0. The van der Waals surface area contributed by atoms with Gasteiger partial charge in [0.15, 0.2) is 8.32 Å². The molecule has 0 bridgehead atoms. The minimum absolute atomic E-state index is 0.402. The smallest absolute Gasteiger partial charge is 0.407 e. The third kappa shape index (κ3) is 6.36. The number of carbonyl (C=O) groups excluding carboxylic acids is 1. The molecule has 0 radical (unpaired) electrons. The first kappa shape index (κ1) is 33.8. The van der Waals surface area contributed by atoms with Crippen molar-refractivity contribution in [2.45, 2.75) is 96.4 Å². The Labute approximate surface area is 276 Å². The molecule has 2 N–H and O–H groups in total. The van der Waals surface area contributed by atoms with E-state index in [1.807, 2.05) is 27.0 Å². The van der Waals surface area contributed by atoms with Crippen LogP contribution in [-0.4, -0.2) is 44.8 Å². The molecule has 5 rings (SSSR count). The van der Waals surface area contributed by atoms with Crippen LogP contribution in [0.3, 0.4) is 0 Å². The van der Waals surface area contributed by atoms with Crippen LogP contribution in [0.5, 0.6) is 5.75 Å². The van der Waals surface area contributed by atoms with Crippen molar-refractivity contribution < 1.29 is 18.7 Å². The number of H-pyrrole nitrogens is 1. The summed E-state index contributed by atoms with van der Waals surface area (Å²) < 4.78 is 19.6. The van der Waals surface area contributed by atoms with Gasteiger partial charge in [-0.2, -0.15) is 0 Å². The van der Waals surface area contributed by atoms with Crippen LogP contribution in [-0.2, 0) is 21.0 Å². The molecule has 0 spiro atoms. The molecule has 1 amide bonds. The number of carbonyl (C=O) groups is 1. The maximum atomic E-state index is 12.3. The number of aromatic amines is 1. The van der Waals surface area contributed by atoms with Gasteiger partial charge in [0.1, 0.15) is 18.0 Å². The second-order valence-corrected chi connectivity index (χ2v) is 20.2. The third-order valence-corrected chi connectivity index (χ3v) is 15.8. The van der Waals surface area contributed by atoms with Crippen molar-refractivity contribution in [3.63, 3.8) is 0 Å². The molecule has 46 heavy (non-hydrogen) atoms. The fraction of sp³-hybridized carbons (Fsp3) is 0.462. The van der Waals surface area contributed by atoms with Crippen LogP contribution < -0.4 is 10.1 Å². The highest BCUT2D eigenvalue weighted by Gasteiger charge is 2.50. The van der Waals surface area contributed by atoms with Gasteiger partial charge in [0.25, 0.3) is 0 Å². The predicted molar refractivity (Wildman–Crippen MR) is 191 cm³/mol. The molecule has 6 nitrogen and oxygen atoms in total. The standard InChI is InChI=1S/C39H52N2O4Si/c1-26(2)46(27(3)4,28(5)6)44-25-39(30-15-11-10-12-16-30)24-43-36-32(18-13-19-33(36)39)31-17-14-20-34-35(31)29(23-41-34)21-22-40-37(42)45-38(7,8)9/h10-20,23,26-28,41H,21-22,24-25H2,1-9H3,(H,40,42). The lowest BCUT2D eigenvalue weighted by molar-refractivity contribution is 0.0528. The lowest BCUT2D eigenvalue weighted by atomic mass is 9.76. The normalized spacial score (nSPS) is 16.7. The van der Waals surface area contributed by atoms with E-state index in [4.69, 9.17) is 13.9 Å². The number of ether oxygens (including phenoxy) is 2. The van der Waals surface area contributed by atoms with Crippen molar-refractivity contribution in [1.29, 1.82) is 0 Å². The van der Waals surface area contributed by atoms with Crippen LogP contribution in [0.1, 0.15) is 79.0 Å². The number of aromatic nitrogens is 1. The number of benzene rings is 3. The second-order valence-electron chi connectivity index (χ2n) is 14.7. The Morgan fingerprint density at radius 1 is 0.913 bits per heavy atom. The Hall–Kier alpha value is -3.55.